The summed E-state index contributed by atoms with van der Waals surface area (Å²) in [6.45, 7) is 2.02. The summed E-state index contributed by atoms with van der Waals surface area (Å²) in [5, 5.41) is 0.651. The van der Waals surface area contributed by atoms with Gasteiger partial charge in [-0.25, -0.2) is 4.79 Å². The monoisotopic (exact) mass is 352 g/mol. The Morgan fingerprint density at radius 3 is 2.35 bits per heavy atom. The van der Waals surface area contributed by atoms with Crippen molar-refractivity contribution in [1.82, 2.24) is 0 Å². The number of carbonyl (C=O) groups is 2. The summed E-state index contributed by atoms with van der Waals surface area (Å²) in [5.41, 5.74) is 0.596. The fourth-order valence-electron chi connectivity index (χ4n) is 1.86. The molecule has 23 heavy (non-hydrogen) atoms. The Morgan fingerprint density at radius 2 is 1.74 bits per heavy atom. The summed E-state index contributed by atoms with van der Waals surface area (Å²) in [4.78, 5) is 23.9. The van der Waals surface area contributed by atoms with E-state index in [0.29, 0.717) is 22.9 Å². The molecular formula is C17H14Cl2O4. The van der Waals surface area contributed by atoms with E-state index in [-0.39, 0.29) is 10.6 Å². The lowest BCUT2D eigenvalue weighted by Gasteiger charge is -2.07. The standard InChI is InChI=1S/C17H14Cl2O4/c1-2-22-13-6-3-11(4-7-13)17(21)23-10-16(20)14-8-5-12(18)9-15(14)19/h3-9H,2,10H2,1H3. The lowest BCUT2D eigenvalue weighted by atomic mass is 10.1. The quantitative estimate of drug-likeness (QED) is 0.569. The van der Waals surface area contributed by atoms with Crippen LogP contribution < -0.4 is 4.74 Å². The fraction of sp³-hybridized carbons (Fsp3) is 0.176. The van der Waals surface area contributed by atoms with E-state index >= 15 is 0 Å². The van der Waals surface area contributed by atoms with Gasteiger partial charge in [0.25, 0.3) is 0 Å². The van der Waals surface area contributed by atoms with Crippen LogP contribution in [0.3, 0.4) is 0 Å². The minimum Gasteiger partial charge on any atom is -0.494 e. The fourth-order valence-corrected chi connectivity index (χ4v) is 2.38. The first-order valence-electron chi connectivity index (χ1n) is 6.89. The number of hydrogen-bond donors (Lipinski definition) is 0. The van der Waals surface area contributed by atoms with E-state index in [2.05, 4.69) is 0 Å². The maximum absolute atomic E-state index is 12.0. The Hall–Kier alpha value is -2.04. The second-order valence-electron chi connectivity index (χ2n) is 4.58. The Kier molecular flexibility index (Phi) is 6.02. The van der Waals surface area contributed by atoms with Gasteiger partial charge in [-0.15, -0.1) is 0 Å². The van der Waals surface area contributed by atoms with Crippen molar-refractivity contribution in [3.05, 3.63) is 63.6 Å². The number of rotatable bonds is 6. The number of ketones is 1. The molecule has 2 aromatic carbocycles. The van der Waals surface area contributed by atoms with Crippen molar-refractivity contribution in [3.63, 3.8) is 0 Å². The molecule has 0 unspecified atom stereocenters. The van der Waals surface area contributed by atoms with Crippen LogP contribution in [0, 0.1) is 0 Å². The van der Waals surface area contributed by atoms with Crippen LogP contribution in [0.2, 0.25) is 10.0 Å². The van der Waals surface area contributed by atoms with E-state index in [1.54, 1.807) is 30.3 Å². The molecule has 0 radical (unpaired) electrons. The largest absolute Gasteiger partial charge is 0.494 e. The van der Waals surface area contributed by atoms with Crippen LogP contribution in [0.5, 0.6) is 5.75 Å². The Bertz CT molecular complexity index is 711. The van der Waals surface area contributed by atoms with Gasteiger partial charge >= 0.3 is 5.97 Å². The lowest BCUT2D eigenvalue weighted by molar-refractivity contribution is 0.0474. The topological polar surface area (TPSA) is 52.6 Å². The van der Waals surface area contributed by atoms with Crippen LogP contribution in [0.1, 0.15) is 27.6 Å². The molecule has 4 nitrogen and oxygen atoms in total. The highest BCUT2D eigenvalue weighted by Gasteiger charge is 2.14. The second kappa shape index (κ2) is 7.99. The third-order valence-electron chi connectivity index (χ3n) is 2.97. The van der Waals surface area contributed by atoms with Gasteiger partial charge in [-0.05, 0) is 49.4 Å². The van der Waals surface area contributed by atoms with Gasteiger partial charge in [0, 0.05) is 10.6 Å². The number of esters is 1. The molecule has 0 fully saturated rings. The third-order valence-corrected chi connectivity index (χ3v) is 3.51. The molecule has 0 aromatic heterocycles. The molecule has 0 amide bonds. The molecule has 0 heterocycles. The molecule has 0 saturated heterocycles. The van der Waals surface area contributed by atoms with Crippen LogP contribution in [0.4, 0.5) is 0 Å². The minimum atomic E-state index is -0.591. The van der Waals surface area contributed by atoms with Crippen molar-refractivity contribution in [2.24, 2.45) is 0 Å². The smallest absolute Gasteiger partial charge is 0.338 e. The highest BCUT2D eigenvalue weighted by Crippen LogP contribution is 2.21. The van der Waals surface area contributed by atoms with E-state index in [1.807, 2.05) is 6.92 Å². The van der Waals surface area contributed by atoms with Gasteiger partial charge < -0.3 is 9.47 Å². The molecule has 0 aliphatic heterocycles. The second-order valence-corrected chi connectivity index (χ2v) is 5.42. The van der Waals surface area contributed by atoms with Gasteiger partial charge in [-0.1, -0.05) is 23.2 Å². The van der Waals surface area contributed by atoms with Crippen molar-refractivity contribution in [1.29, 1.82) is 0 Å². The van der Waals surface area contributed by atoms with Crippen LogP contribution in [0.25, 0.3) is 0 Å². The van der Waals surface area contributed by atoms with Gasteiger partial charge in [0.1, 0.15) is 5.75 Å². The van der Waals surface area contributed by atoms with Gasteiger partial charge in [-0.3, -0.25) is 4.79 Å². The van der Waals surface area contributed by atoms with Crippen LogP contribution in [-0.2, 0) is 4.74 Å². The Morgan fingerprint density at radius 1 is 1.04 bits per heavy atom. The number of halogens is 2. The lowest BCUT2D eigenvalue weighted by Crippen LogP contribution is -2.14. The minimum absolute atomic E-state index is 0.222. The van der Waals surface area contributed by atoms with Crippen molar-refractivity contribution < 1.29 is 19.1 Å². The first-order valence-corrected chi connectivity index (χ1v) is 7.65. The number of hydrogen-bond acceptors (Lipinski definition) is 4. The van der Waals surface area contributed by atoms with Crippen molar-refractivity contribution >= 4 is 35.0 Å². The predicted octanol–water partition coefficient (Wildman–Crippen LogP) is 4.43. The van der Waals surface area contributed by atoms with Crippen LogP contribution >= 0.6 is 23.2 Å². The maximum atomic E-state index is 12.0. The number of ether oxygens (including phenoxy) is 2. The molecule has 6 heteroatoms. The first kappa shape index (κ1) is 17.3. The van der Waals surface area contributed by atoms with Crippen molar-refractivity contribution in [2.45, 2.75) is 6.92 Å². The maximum Gasteiger partial charge on any atom is 0.338 e. The molecular weight excluding hydrogens is 339 g/mol. The third kappa shape index (κ3) is 4.71. The van der Waals surface area contributed by atoms with Gasteiger partial charge in [0.2, 0.25) is 5.78 Å². The van der Waals surface area contributed by atoms with Crippen LogP contribution in [-0.4, -0.2) is 25.0 Å². The zero-order valence-electron chi connectivity index (χ0n) is 12.3. The zero-order valence-corrected chi connectivity index (χ0v) is 13.9. The summed E-state index contributed by atoms with van der Waals surface area (Å²) in [5.74, 6) is -0.328. The van der Waals surface area contributed by atoms with E-state index in [9.17, 15) is 9.59 Å². The average molecular weight is 353 g/mol. The summed E-state index contributed by atoms with van der Waals surface area (Å²) in [6.07, 6.45) is 0. The number of benzene rings is 2. The molecule has 120 valence electrons. The first-order chi connectivity index (χ1) is 11.0. The Labute approximate surface area is 143 Å². The molecule has 0 spiro atoms. The van der Waals surface area contributed by atoms with Crippen molar-refractivity contribution in [2.75, 3.05) is 13.2 Å². The molecule has 0 saturated carbocycles. The van der Waals surface area contributed by atoms with Crippen LogP contribution in [0.15, 0.2) is 42.5 Å². The molecule has 2 aromatic rings. The summed E-state index contributed by atoms with van der Waals surface area (Å²) in [7, 11) is 0. The van der Waals surface area contributed by atoms with E-state index < -0.39 is 18.4 Å². The van der Waals surface area contributed by atoms with Crippen molar-refractivity contribution in [3.8, 4) is 5.75 Å². The molecule has 0 N–H and O–H groups in total. The highest BCUT2D eigenvalue weighted by molar-refractivity contribution is 6.36. The average Bonchev–Trinajstić information content (AvgIpc) is 2.53. The van der Waals surface area contributed by atoms with Gasteiger partial charge in [-0.2, -0.15) is 0 Å². The molecule has 0 atom stereocenters. The van der Waals surface area contributed by atoms with Gasteiger partial charge in [0.15, 0.2) is 6.61 Å². The number of carbonyl (C=O) groups excluding carboxylic acids is 2. The number of Topliss-reactive ketones (excluding diaryl/α,β-unsaturated/α-hetero) is 1. The highest BCUT2D eigenvalue weighted by atomic mass is 35.5. The zero-order chi connectivity index (χ0) is 16.8. The van der Waals surface area contributed by atoms with Gasteiger partial charge in [0.05, 0.1) is 17.2 Å². The molecule has 0 aliphatic rings. The van der Waals surface area contributed by atoms with E-state index in [1.165, 1.54) is 12.1 Å². The van der Waals surface area contributed by atoms with E-state index in [4.69, 9.17) is 32.7 Å². The Balaban J connectivity index is 1.96. The van der Waals surface area contributed by atoms with E-state index in [0.717, 1.165) is 0 Å². The summed E-state index contributed by atoms with van der Waals surface area (Å²) in [6, 6.07) is 11.0. The SMILES string of the molecule is CCOc1ccc(C(=O)OCC(=O)c2ccc(Cl)cc2Cl)cc1. The molecule has 2 rings (SSSR count). The normalized spacial score (nSPS) is 10.2. The summed E-state index contributed by atoms with van der Waals surface area (Å²) >= 11 is 11.7. The molecule has 0 aliphatic carbocycles. The molecule has 0 bridgehead atoms. The predicted molar refractivity (Wildman–Crippen MR) is 88.7 cm³/mol. The summed E-state index contributed by atoms with van der Waals surface area (Å²) < 4.78 is 10.3.